The Labute approximate surface area is 110 Å². The smallest absolute Gasteiger partial charge is 0.279 e. The average molecular weight is 317 g/mol. The molecule has 1 N–H and O–H groups in total. The lowest BCUT2D eigenvalue weighted by molar-refractivity contribution is 0.102. The number of aromatic nitrogens is 3. The Morgan fingerprint density at radius 2 is 2.41 bits per heavy atom. The van der Waals surface area contributed by atoms with Gasteiger partial charge in [0.15, 0.2) is 10.8 Å². The van der Waals surface area contributed by atoms with Gasteiger partial charge in [-0.3, -0.25) is 10.1 Å². The van der Waals surface area contributed by atoms with Gasteiger partial charge in [0.05, 0.1) is 7.11 Å². The summed E-state index contributed by atoms with van der Waals surface area (Å²) in [6, 6.07) is 0. The Bertz CT molecular complexity index is 537. The molecule has 0 fully saturated rings. The zero-order valence-electron chi connectivity index (χ0n) is 9.10. The maximum atomic E-state index is 11.9. The number of carbonyl (C=O) groups is 1. The quantitative estimate of drug-likeness (QED) is 0.939. The number of thiazole rings is 1. The number of carbonyl (C=O) groups excluding carboxylic acids is 1. The van der Waals surface area contributed by atoms with Gasteiger partial charge < -0.3 is 4.74 Å². The molecule has 0 radical (unpaired) electrons. The monoisotopic (exact) mass is 316 g/mol. The molecule has 2 aromatic heterocycles. The van der Waals surface area contributed by atoms with Gasteiger partial charge in [-0.05, 0) is 15.9 Å². The summed E-state index contributed by atoms with van der Waals surface area (Å²) in [5.74, 6) is 0.167. The van der Waals surface area contributed by atoms with Crippen LogP contribution in [-0.2, 0) is 7.05 Å². The number of hydrogen-bond acceptors (Lipinski definition) is 5. The zero-order chi connectivity index (χ0) is 12.4. The number of ether oxygens (including phenoxy) is 1. The van der Waals surface area contributed by atoms with Gasteiger partial charge in [0.1, 0.15) is 4.47 Å². The van der Waals surface area contributed by atoms with Crippen molar-refractivity contribution in [2.24, 2.45) is 7.05 Å². The van der Waals surface area contributed by atoms with Gasteiger partial charge in [0.2, 0.25) is 5.88 Å². The minimum Gasteiger partial charge on any atom is -0.480 e. The number of rotatable bonds is 3. The maximum absolute atomic E-state index is 11.9. The zero-order valence-corrected chi connectivity index (χ0v) is 11.5. The summed E-state index contributed by atoms with van der Waals surface area (Å²) in [4.78, 5) is 15.9. The third-order valence-corrected chi connectivity index (χ3v) is 3.40. The van der Waals surface area contributed by atoms with E-state index < -0.39 is 0 Å². The number of nitrogens with one attached hydrogen (secondary N) is 1. The molecule has 0 aliphatic heterocycles. The molecular formula is C9H9BrN4O2S. The van der Waals surface area contributed by atoms with E-state index in [0.29, 0.717) is 15.5 Å². The third-order valence-electron chi connectivity index (χ3n) is 2.00. The Hall–Kier alpha value is -1.41. The van der Waals surface area contributed by atoms with Gasteiger partial charge >= 0.3 is 0 Å². The van der Waals surface area contributed by atoms with Gasteiger partial charge in [-0.25, -0.2) is 9.67 Å². The third kappa shape index (κ3) is 2.32. The molecule has 0 aliphatic rings. The molecule has 0 saturated heterocycles. The molecule has 0 atom stereocenters. The van der Waals surface area contributed by atoms with Crippen molar-refractivity contribution in [1.82, 2.24) is 14.8 Å². The summed E-state index contributed by atoms with van der Waals surface area (Å²) in [6.07, 6.45) is 1.62. The fourth-order valence-corrected chi connectivity index (χ4v) is 2.49. The molecule has 0 unspecified atom stereocenters. The van der Waals surface area contributed by atoms with Crippen LogP contribution >= 0.6 is 27.3 Å². The van der Waals surface area contributed by atoms with Crippen molar-refractivity contribution in [3.8, 4) is 5.88 Å². The van der Waals surface area contributed by atoms with Crippen molar-refractivity contribution < 1.29 is 9.53 Å². The molecule has 2 heterocycles. The van der Waals surface area contributed by atoms with Crippen molar-refractivity contribution in [3.05, 3.63) is 21.7 Å². The second kappa shape index (κ2) is 4.84. The fourth-order valence-electron chi connectivity index (χ4n) is 1.29. The number of nitrogens with zero attached hydrogens (tertiary/aromatic N) is 3. The summed E-state index contributed by atoms with van der Waals surface area (Å²) in [5, 5.41) is 9.04. The van der Waals surface area contributed by atoms with E-state index in [-0.39, 0.29) is 11.6 Å². The molecule has 6 nitrogen and oxygen atoms in total. The molecule has 1 amide bonds. The minimum absolute atomic E-state index is 0.263. The Morgan fingerprint density at radius 3 is 2.94 bits per heavy atom. The van der Waals surface area contributed by atoms with Crippen molar-refractivity contribution in [2.45, 2.75) is 0 Å². The highest BCUT2D eigenvalue weighted by molar-refractivity contribution is 9.10. The number of anilines is 1. The first kappa shape index (κ1) is 12.1. The van der Waals surface area contributed by atoms with Gasteiger partial charge in [-0.1, -0.05) is 0 Å². The molecule has 8 heteroatoms. The topological polar surface area (TPSA) is 69.0 Å². The standard InChI is InChI=1S/C9H9BrN4O2S/c1-14-8(16-2)5(10)6(13-14)7(15)12-9-11-3-4-17-9/h3-4H,1-2H3,(H,11,12,15). The van der Waals surface area contributed by atoms with Crippen molar-refractivity contribution >= 4 is 38.3 Å². The molecule has 0 saturated carbocycles. The SMILES string of the molecule is COc1c(Br)c(C(=O)Nc2nccs2)nn1C. The van der Waals surface area contributed by atoms with Crippen LogP contribution in [0.5, 0.6) is 5.88 Å². The van der Waals surface area contributed by atoms with Crippen LogP contribution in [-0.4, -0.2) is 27.8 Å². The molecule has 2 rings (SSSR count). The Morgan fingerprint density at radius 1 is 1.65 bits per heavy atom. The van der Waals surface area contributed by atoms with E-state index in [1.807, 2.05) is 0 Å². The van der Waals surface area contributed by atoms with E-state index in [1.165, 1.54) is 23.1 Å². The van der Waals surface area contributed by atoms with Crippen LogP contribution in [0.15, 0.2) is 16.0 Å². The van der Waals surface area contributed by atoms with Gasteiger partial charge in [-0.15, -0.1) is 11.3 Å². The predicted octanol–water partition coefficient (Wildman–Crippen LogP) is 1.90. The number of methoxy groups -OCH3 is 1. The summed E-state index contributed by atoms with van der Waals surface area (Å²) in [6.45, 7) is 0. The lowest BCUT2D eigenvalue weighted by atomic mass is 10.4. The predicted molar refractivity (Wildman–Crippen MR) is 67.5 cm³/mol. The van der Waals surface area contributed by atoms with E-state index in [0.717, 1.165) is 0 Å². The van der Waals surface area contributed by atoms with Gasteiger partial charge in [-0.2, -0.15) is 5.10 Å². The summed E-state index contributed by atoms with van der Waals surface area (Å²) < 4.78 is 7.11. The molecule has 0 bridgehead atoms. The number of aryl methyl sites for hydroxylation is 1. The van der Waals surface area contributed by atoms with Gasteiger partial charge in [0, 0.05) is 18.6 Å². The highest BCUT2D eigenvalue weighted by Crippen LogP contribution is 2.28. The molecule has 0 aromatic carbocycles. The van der Waals surface area contributed by atoms with E-state index in [9.17, 15) is 4.79 Å². The number of hydrogen-bond donors (Lipinski definition) is 1. The fraction of sp³-hybridized carbons (Fsp3) is 0.222. The minimum atomic E-state index is -0.328. The highest BCUT2D eigenvalue weighted by Gasteiger charge is 2.21. The highest BCUT2D eigenvalue weighted by atomic mass is 79.9. The first-order valence-corrected chi connectivity index (χ1v) is 6.28. The largest absolute Gasteiger partial charge is 0.480 e. The lowest BCUT2D eigenvalue weighted by Gasteiger charge is -1.98. The molecule has 2 aromatic rings. The second-order valence-electron chi connectivity index (χ2n) is 3.09. The second-order valence-corrected chi connectivity index (χ2v) is 4.77. The first-order chi connectivity index (χ1) is 8.13. The van der Waals surface area contributed by atoms with Crippen LogP contribution in [0.2, 0.25) is 0 Å². The van der Waals surface area contributed by atoms with Crippen molar-refractivity contribution in [3.63, 3.8) is 0 Å². The molecule has 90 valence electrons. The first-order valence-electron chi connectivity index (χ1n) is 4.60. The maximum Gasteiger partial charge on any atom is 0.279 e. The normalized spacial score (nSPS) is 10.3. The average Bonchev–Trinajstić information content (AvgIpc) is 2.87. The van der Waals surface area contributed by atoms with Crippen LogP contribution < -0.4 is 10.1 Å². The van der Waals surface area contributed by atoms with E-state index in [1.54, 1.807) is 18.6 Å². The van der Waals surface area contributed by atoms with Crippen LogP contribution in [0.25, 0.3) is 0 Å². The number of amides is 1. The molecular weight excluding hydrogens is 308 g/mol. The number of halogens is 1. The van der Waals surface area contributed by atoms with E-state index in [4.69, 9.17) is 4.74 Å². The van der Waals surface area contributed by atoms with E-state index in [2.05, 4.69) is 31.3 Å². The molecule has 0 aliphatic carbocycles. The lowest BCUT2D eigenvalue weighted by Crippen LogP contribution is -2.13. The molecule has 0 spiro atoms. The van der Waals surface area contributed by atoms with Crippen LogP contribution in [0.3, 0.4) is 0 Å². The van der Waals surface area contributed by atoms with Crippen LogP contribution in [0.4, 0.5) is 5.13 Å². The van der Waals surface area contributed by atoms with Crippen molar-refractivity contribution in [1.29, 1.82) is 0 Å². The Balaban J connectivity index is 2.25. The van der Waals surface area contributed by atoms with Crippen LogP contribution in [0.1, 0.15) is 10.5 Å². The van der Waals surface area contributed by atoms with Crippen LogP contribution in [0, 0.1) is 0 Å². The Kier molecular flexibility index (Phi) is 3.43. The van der Waals surface area contributed by atoms with E-state index >= 15 is 0 Å². The summed E-state index contributed by atoms with van der Waals surface area (Å²) in [5.41, 5.74) is 0.263. The molecule has 17 heavy (non-hydrogen) atoms. The summed E-state index contributed by atoms with van der Waals surface area (Å²) in [7, 11) is 3.22. The van der Waals surface area contributed by atoms with Crippen molar-refractivity contribution in [2.75, 3.05) is 12.4 Å². The van der Waals surface area contributed by atoms with Gasteiger partial charge in [0.25, 0.3) is 5.91 Å². The summed E-state index contributed by atoms with van der Waals surface area (Å²) >= 11 is 4.63.